The molecule has 3 rings (SSSR count). The van der Waals surface area contributed by atoms with Gasteiger partial charge in [-0.15, -0.1) is 0 Å². The van der Waals surface area contributed by atoms with Crippen molar-refractivity contribution in [3.8, 4) is 0 Å². The van der Waals surface area contributed by atoms with Gasteiger partial charge in [0.15, 0.2) is 0 Å². The second-order valence-corrected chi connectivity index (χ2v) is 12.5. The van der Waals surface area contributed by atoms with Crippen LogP contribution >= 0.6 is 0 Å². The maximum Gasteiger partial charge on any atom is -0.0114 e. The summed E-state index contributed by atoms with van der Waals surface area (Å²) in [6, 6.07) is 0. The van der Waals surface area contributed by atoms with E-state index in [-0.39, 0.29) is 5.41 Å². The number of hydrogen-bond donors (Lipinski definition) is 0. The van der Waals surface area contributed by atoms with Gasteiger partial charge < -0.3 is 0 Å². The summed E-state index contributed by atoms with van der Waals surface area (Å²) in [6.07, 6.45) is 21.5. The molecule has 28 heavy (non-hydrogen) atoms. The third-order valence-corrected chi connectivity index (χ3v) is 7.97. The molecule has 1 unspecified atom stereocenters. The molecule has 0 heterocycles. The van der Waals surface area contributed by atoms with Crippen molar-refractivity contribution in [3.05, 3.63) is 22.8 Å². The van der Waals surface area contributed by atoms with Crippen molar-refractivity contribution in [2.45, 2.75) is 125 Å². The molecule has 0 nitrogen and oxygen atoms in total. The first-order valence-corrected chi connectivity index (χ1v) is 12.6. The van der Waals surface area contributed by atoms with Crippen molar-refractivity contribution in [3.63, 3.8) is 0 Å². The topological polar surface area (TPSA) is 0 Å². The summed E-state index contributed by atoms with van der Waals surface area (Å²) in [5.74, 6) is 2.65. The average molecular weight is 385 g/mol. The van der Waals surface area contributed by atoms with Gasteiger partial charge in [-0.05, 0) is 53.4 Å². The maximum atomic E-state index is 2.73. The molecular formula is C28H48. The molecular weight excluding hydrogens is 336 g/mol. The van der Waals surface area contributed by atoms with Gasteiger partial charge in [0, 0.05) is 0 Å². The molecule has 0 amide bonds. The molecule has 0 heteroatoms. The Morgan fingerprint density at radius 3 is 1.68 bits per heavy atom. The van der Waals surface area contributed by atoms with Gasteiger partial charge in [-0.25, -0.2) is 0 Å². The summed E-state index contributed by atoms with van der Waals surface area (Å²) < 4.78 is 0. The zero-order chi connectivity index (χ0) is 20.4. The lowest BCUT2D eigenvalue weighted by molar-refractivity contribution is 0.244. The Hall–Kier alpha value is -0.520. The second kappa shape index (κ2) is 9.09. The van der Waals surface area contributed by atoms with Crippen LogP contribution in [0.5, 0.6) is 0 Å². The first kappa shape index (κ1) is 22.2. The lowest BCUT2D eigenvalue weighted by Crippen LogP contribution is -2.29. The molecule has 2 fully saturated rings. The second-order valence-electron chi connectivity index (χ2n) is 12.5. The van der Waals surface area contributed by atoms with Gasteiger partial charge in [-0.2, -0.15) is 0 Å². The highest BCUT2D eigenvalue weighted by molar-refractivity contribution is 5.40. The van der Waals surface area contributed by atoms with Gasteiger partial charge in [0.05, 0.1) is 0 Å². The Kier molecular flexibility index (Phi) is 7.20. The van der Waals surface area contributed by atoms with Gasteiger partial charge in [0.1, 0.15) is 0 Å². The molecule has 0 bridgehead atoms. The molecule has 0 aromatic carbocycles. The molecule has 0 aliphatic heterocycles. The lowest BCUT2D eigenvalue weighted by Gasteiger charge is -2.42. The van der Waals surface area contributed by atoms with Crippen LogP contribution in [0.3, 0.4) is 0 Å². The van der Waals surface area contributed by atoms with Gasteiger partial charge >= 0.3 is 0 Å². The standard InChI is InChI=1S/C28H48/c1-27(2,3)25-19-24(18-22-15-11-8-12-16-22)26(28(4,5)6)20-23(25)17-21-13-9-7-10-14-21/h19,21-22,26H,7-18,20H2,1-6H3. The first-order chi connectivity index (χ1) is 13.1. The minimum atomic E-state index is 0.282. The molecule has 0 N–H and O–H groups in total. The highest BCUT2D eigenvalue weighted by atomic mass is 14.4. The van der Waals surface area contributed by atoms with E-state index in [9.17, 15) is 0 Å². The Bertz CT molecular complexity index is 562. The van der Waals surface area contributed by atoms with Crippen LogP contribution < -0.4 is 0 Å². The van der Waals surface area contributed by atoms with E-state index in [1.54, 1.807) is 11.1 Å². The zero-order valence-electron chi connectivity index (χ0n) is 20.0. The molecule has 3 aliphatic carbocycles. The van der Waals surface area contributed by atoms with E-state index in [1.807, 2.05) is 5.57 Å². The monoisotopic (exact) mass is 384 g/mol. The fraction of sp³-hybridized carbons (Fsp3) is 0.857. The van der Waals surface area contributed by atoms with Crippen molar-refractivity contribution in [1.29, 1.82) is 0 Å². The third-order valence-electron chi connectivity index (χ3n) is 7.97. The molecule has 0 spiro atoms. The zero-order valence-corrected chi connectivity index (χ0v) is 20.0. The fourth-order valence-electron chi connectivity index (χ4n) is 6.34. The predicted molar refractivity (Wildman–Crippen MR) is 125 cm³/mol. The van der Waals surface area contributed by atoms with Crippen LogP contribution in [0.4, 0.5) is 0 Å². The molecule has 0 radical (unpaired) electrons. The summed E-state index contributed by atoms with van der Waals surface area (Å²) in [7, 11) is 0. The predicted octanol–water partition coefficient (Wildman–Crippen LogP) is 9.26. The van der Waals surface area contributed by atoms with Crippen molar-refractivity contribution in [1.82, 2.24) is 0 Å². The van der Waals surface area contributed by atoms with Crippen molar-refractivity contribution >= 4 is 0 Å². The molecule has 0 aromatic rings. The summed E-state index contributed by atoms with van der Waals surface area (Å²) in [5.41, 5.74) is 6.00. The maximum absolute atomic E-state index is 2.73. The van der Waals surface area contributed by atoms with E-state index in [2.05, 4.69) is 47.6 Å². The summed E-state index contributed by atoms with van der Waals surface area (Å²) >= 11 is 0. The number of hydrogen-bond acceptors (Lipinski definition) is 0. The van der Waals surface area contributed by atoms with Crippen LogP contribution in [0, 0.1) is 28.6 Å². The SMILES string of the molecule is CC(C)(C)C1=C(CC2CCCCC2)CC(C(C)(C)C)C(CC2CCCCC2)=C1. The number of allylic oxidation sites excluding steroid dienone is 4. The Labute approximate surface area is 176 Å². The number of rotatable bonds is 4. The van der Waals surface area contributed by atoms with E-state index < -0.39 is 0 Å². The molecule has 3 aliphatic rings. The van der Waals surface area contributed by atoms with Gasteiger partial charge in [0.2, 0.25) is 0 Å². The van der Waals surface area contributed by atoms with Crippen molar-refractivity contribution in [2.75, 3.05) is 0 Å². The third kappa shape index (κ3) is 5.76. The molecule has 0 aromatic heterocycles. The van der Waals surface area contributed by atoms with Crippen LogP contribution in [0.15, 0.2) is 22.8 Å². The highest BCUT2D eigenvalue weighted by Gasteiger charge is 2.36. The summed E-state index contributed by atoms with van der Waals surface area (Å²) in [5, 5.41) is 0. The Morgan fingerprint density at radius 1 is 0.714 bits per heavy atom. The van der Waals surface area contributed by atoms with E-state index >= 15 is 0 Å². The average Bonchev–Trinajstić information content (AvgIpc) is 2.62. The van der Waals surface area contributed by atoms with Crippen LogP contribution in [0.25, 0.3) is 0 Å². The lowest BCUT2D eigenvalue weighted by atomic mass is 9.63. The Morgan fingerprint density at radius 2 is 1.21 bits per heavy atom. The van der Waals surface area contributed by atoms with Crippen molar-refractivity contribution in [2.24, 2.45) is 28.6 Å². The van der Waals surface area contributed by atoms with Gasteiger partial charge in [0.25, 0.3) is 0 Å². The van der Waals surface area contributed by atoms with E-state index in [0.717, 1.165) is 17.8 Å². The molecule has 2 saturated carbocycles. The van der Waals surface area contributed by atoms with Crippen LogP contribution in [0.2, 0.25) is 0 Å². The van der Waals surface area contributed by atoms with E-state index in [1.165, 1.54) is 83.5 Å². The van der Waals surface area contributed by atoms with Crippen LogP contribution in [-0.4, -0.2) is 0 Å². The molecule has 160 valence electrons. The fourth-order valence-corrected chi connectivity index (χ4v) is 6.34. The van der Waals surface area contributed by atoms with Crippen LogP contribution in [0.1, 0.15) is 125 Å². The molecule has 0 saturated heterocycles. The molecule has 1 atom stereocenters. The highest BCUT2D eigenvalue weighted by Crippen LogP contribution is 2.49. The summed E-state index contributed by atoms with van der Waals surface area (Å²) in [4.78, 5) is 0. The largest absolute Gasteiger partial charge is 0.0657 e. The summed E-state index contributed by atoms with van der Waals surface area (Å²) in [6.45, 7) is 14.8. The normalized spacial score (nSPS) is 26.5. The van der Waals surface area contributed by atoms with Gasteiger partial charge in [-0.1, -0.05) is 123 Å². The smallest absolute Gasteiger partial charge is 0.0114 e. The van der Waals surface area contributed by atoms with Crippen molar-refractivity contribution < 1.29 is 0 Å². The van der Waals surface area contributed by atoms with E-state index in [4.69, 9.17) is 0 Å². The minimum absolute atomic E-state index is 0.282. The van der Waals surface area contributed by atoms with E-state index in [0.29, 0.717) is 5.41 Å². The quantitative estimate of drug-likeness (QED) is 0.453. The van der Waals surface area contributed by atoms with Gasteiger partial charge in [-0.3, -0.25) is 0 Å². The Balaban J connectivity index is 1.89. The minimum Gasteiger partial charge on any atom is -0.0657 e. The van der Waals surface area contributed by atoms with Crippen LogP contribution in [-0.2, 0) is 0 Å². The first-order valence-electron chi connectivity index (χ1n) is 12.6.